The highest BCUT2D eigenvalue weighted by molar-refractivity contribution is 7.92. The molecule has 32 heavy (non-hydrogen) atoms. The van der Waals surface area contributed by atoms with Gasteiger partial charge in [0.25, 0.3) is 10.0 Å². The van der Waals surface area contributed by atoms with E-state index < -0.39 is 33.8 Å². The molecule has 1 N–H and O–H groups in total. The summed E-state index contributed by atoms with van der Waals surface area (Å²) in [5, 5.41) is 8.59. The van der Waals surface area contributed by atoms with Crippen LogP contribution in [0.2, 0.25) is 0 Å². The number of halogens is 3. The normalized spacial score (nSPS) is 12.3. The standard InChI is InChI=1S/C22H24F3NO5S/c1-16(2)26(32(29,30)18-9-5-3-6-10-18)19-13-12-17(22(23,24)25)15-20(19)31-14-8-4-7-11-21(27)28/h3,5-7,9-13,15-16H,4,8,14H2,1-2H3,(H,27,28). The molecule has 0 aliphatic carbocycles. The van der Waals surface area contributed by atoms with Crippen LogP contribution >= 0.6 is 0 Å². The predicted molar refractivity (Wildman–Crippen MR) is 114 cm³/mol. The van der Waals surface area contributed by atoms with E-state index in [1.54, 1.807) is 32.0 Å². The van der Waals surface area contributed by atoms with Gasteiger partial charge in [-0.05, 0) is 57.0 Å². The van der Waals surface area contributed by atoms with Crippen LogP contribution in [-0.2, 0) is 21.0 Å². The number of unbranched alkanes of at least 4 members (excludes halogenated alkanes) is 1. The highest BCUT2D eigenvalue weighted by atomic mass is 32.2. The van der Waals surface area contributed by atoms with Crippen LogP contribution in [0.1, 0.15) is 32.3 Å². The lowest BCUT2D eigenvalue weighted by Gasteiger charge is -2.30. The first-order valence-corrected chi connectivity index (χ1v) is 11.2. The monoisotopic (exact) mass is 471 g/mol. The highest BCUT2D eigenvalue weighted by Crippen LogP contribution is 2.39. The summed E-state index contributed by atoms with van der Waals surface area (Å²) in [4.78, 5) is 10.5. The van der Waals surface area contributed by atoms with E-state index in [1.807, 2.05) is 0 Å². The van der Waals surface area contributed by atoms with E-state index >= 15 is 0 Å². The van der Waals surface area contributed by atoms with Crippen molar-refractivity contribution in [1.82, 2.24) is 0 Å². The molecule has 0 saturated carbocycles. The molecule has 0 fully saturated rings. The first-order chi connectivity index (χ1) is 14.9. The number of hydrogen-bond donors (Lipinski definition) is 1. The molecule has 0 bridgehead atoms. The van der Waals surface area contributed by atoms with Crippen LogP contribution in [0, 0.1) is 0 Å². The summed E-state index contributed by atoms with van der Waals surface area (Å²) in [5.74, 6) is -1.33. The zero-order chi connectivity index (χ0) is 23.9. The van der Waals surface area contributed by atoms with Crippen molar-refractivity contribution in [3.63, 3.8) is 0 Å². The number of sulfonamides is 1. The second-order valence-corrected chi connectivity index (χ2v) is 8.93. The summed E-state index contributed by atoms with van der Waals surface area (Å²) in [5.41, 5.74) is -0.985. The Labute approximate surface area is 185 Å². The minimum Gasteiger partial charge on any atom is -0.491 e. The maximum Gasteiger partial charge on any atom is 0.416 e. The Morgan fingerprint density at radius 2 is 1.81 bits per heavy atom. The number of alkyl halides is 3. The molecule has 0 saturated heterocycles. The summed E-state index contributed by atoms with van der Waals surface area (Å²) >= 11 is 0. The van der Waals surface area contributed by atoms with Crippen LogP contribution < -0.4 is 9.04 Å². The van der Waals surface area contributed by atoms with Crippen molar-refractivity contribution in [2.45, 2.75) is 43.8 Å². The number of benzene rings is 2. The number of carboxylic acid groups (broad SMARTS) is 1. The molecule has 0 amide bonds. The predicted octanol–water partition coefficient (Wildman–Crippen LogP) is 5.11. The summed E-state index contributed by atoms with van der Waals surface area (Å²) in [6.45, 7) is 3.19. The molecule has 10 heteroatoms. The van der Waals surface area contributed by atoms with E-state index in [2.05, 4.69) is 0 Å². The molecule has 0 aromatic heterocycles. The van der Waals surface area contributed by atoms with Crippen LogP contribution in [0.4, 0.5) is 18.9 Å². The molecule has 0 atom stereocenters. The second-order valence-electron chi connectivity index (χ2n) is 7.12. The number of aliphatic carboxylic acids is 1. The van der Waals surface area contributed by atoms with Gasteiger partial charge in [-0.1, -0.05) is 24.3 Å². The van der Waals surface area contributed by atoms with Crippen LogP contribution in [0.5, 0.6) is 5.75 Å². The van der Waals surface area contributed by atoms with Gasteiger partial charge in [0.05, 0.1) is 22.8 Å². The van der Waals surface area contributed by atoms with Gasteiger partial charge in [-0.15, -0.1) is 0 Å². The van der Waals surface area contributed by atoms with Crippen molar-refractivity contribution in [1.29, 1.82) is 0 Å². The van der Waals surface area contributed by atoms with Crippen molar-refractivity contribution in [3.8, 4) is 5.75 Å². The van der Waals surface area contributed by atoms with E-state index in [1.165, 1.54) is 18.2 Å². The molecule has 0 aliphatic rings. The number of carboxylic acids is 1. The molecular weight excluding hydrogens is 447 g/mol. The molecule has 2 aromatic carbocycles. The zero-order valence-electron chi connectivity index (χ0n) is 17.5. The number of rotatable bonds is 10. The first kappa shape index (κ1) is 25.3. The van der Waals surface area contributed by atoms with E-state index in [4.69, 9.17) is 9.84 Å². The molecule has 0 radical (unpaired) electrons. The highest BCUT2D eigenvalue weighted by Gasteiger charge is 2.34. The van der Waals surface area contributed by atoms with Crippen LogP contribution in [0.15, 0.2) is 65.6 Å². The van der Waals surface area contributed by atoms with Crippen molar-refractivity contribution in [2.75, 3.05) is 10.9 Å². The molecule has 174 valence electrons. The third kappa shape index (κ3) is 6.49. The van der Waals surface area contributed by atoms with Gasteiger partial charge in [-0.25, -0.2) is 13.2 Å². The van der Waals surface area contributed by atoms with Crippen molar-refractivity contribution < 1.29 is 36.2 Å². The van der Waals surface area contributed by atoms with Crippen molar-refractivity contribution in [2.24, 2.45) is 0 Å². The van der Waals surface area contributed by atoms with Gasteiger partial charge in [-0.3, -0.25) is 4.31 Å². The maximum absolute atomic E-state index is 13.3. The molecule has 6 nitrogen and oxygen atoms in total. The van der Waals surface area contributed by atoms with E-state index in [0.29, 0.717) is 12.8 Å². The fourth-order valence-corrected chi connectivity index (χ4v) is 4.64. The van der Waals surface area contributed by atoms with Gasteiger partial charge < -0.3 is 9.84 Å². The molecule has 0 unspecified atom stereocenters. The second kappa shape index (κ2) is 10.5. The third-order valence-corrected chi connectivity index (χ3v) is 6.33. The summed E-state index contributed by atoms with van der Waals surface area (Å²) in [6, 6.07) is 9.64. The average molecular weight is 471 g/mol. The Kier molecular flexibility index (Phi) is 8.31. The number of carbonyl (C=O) groups is 1. The number of ether oxygens (including phenoxy) is 1. The number of nitrogens with zero attached hydrogens (tertiary/aromatic N) is 1. The Bertz CT molecular complexity index is 1050. The molecular formula is C22H24F3NO5S. The fourth-order valence-electron chi connectivity index (χ4n) is 2.95. The van der Waals surface area contributed by atoms with E-state index in [0.717, 1.165) is 28.6 Å². The maximum atomic E-state index is 13.3. The lowest BCUT2D eigenvalue weighted by molar-refractivity contribution is -0.137. The largest absolute Gasteiger partial charge is 0.491 e. The summed E-state index contributed by atoms with van der Waals surface area (Å²) in [7, 11) is -4.08. The van der Waals surface area contributed by atoms with Gasteiger partial charge in [0.15, 0.2) is 0 Å². The quantitative estimate of drug-likeness (QED) is 0.385. The van der Waals surface area contributed by atoms with Crippen molar-refractivity contribution >= 4 is 21.7 Å². The lowest BCUT2D eigenvalue weighted by atomic mass is 10.1. The minimum absolute atomic E-state index is 0.00152. The Balaban J connectivity index is 2.43. The van der Waals surface area contributed by atoms with Crippen LogP contribution in [-0.4, -0.2) is 32.1 Å². The Hall–Kier alpha value is -3.01. The topological polar surface area (TPSA) is 83.9 Å². The van der Waals surface area contributed by atoms with Crippen molar-refractivity contribution in [3.05, 3.63) is 66.2 Å². The van der Waals surface area contributed by atoms with Gasteiger partial charge in [0.2, 0.25) is 0 Å². The SMILES string of the molecule is CC(C)N(c1ccc(C(F)(F)F)cc1OCCCC=CC(=O)O)S(=O)(=O)c1ccccc1. The van der Waals surface area contributed by atoms with E-state index in [9.17, 15) is 26.4 Å². The van der Waals surface area contributed by atoms with Crippen LogP contribution in [0.3, 0.4) is 0 Å². The van der Waals surface area contributed by atoms with Gasteiger partial charge >= 0.3 is 12.1 Å². The Morgan fingerprint density at radius 3 is 2.38 bits per heavy atom. The van der Waals surface area contributed by atoms with Gasteiger partial charge in [0.1, 0.15) is 5.75 Å². The smallest absolute Gasteiger partial charge is 0.416 e. The molecule has 0 heterocycles. The van der Waals surface area contributed by atoms with Gasteiger partial charge in [-0.2, -0.15) is 13.2 Å². The van der Waals surface area contributed by atoms with Crippen LogP contribution in [0.25, 0.3) is 0 Å². The summed E-state index contributed by atoms with van der Waals surface area (Å²) in [6.07, 6.45) is -1.62. The molecule has 0 spiro atoms. The Morgan fingerprint density at radius 1 is 1.16 bits per heavy atom. The lowest BCUT2D eigenvalue weighted by Crippen LogP contribution is -2.37. The van der Waals surface area contributed by atoms with Gasteiger partial charge in [0, 0.05) is 12.1 Å². The summed E-state index contributed by atoms with van der Waals surface area (Å²) < 4.78 is 72.9. The number of allylic oxidation sites excluding steroid dienone is 1. The number of hydrogen-bond acceptors (Lipinski definition) is 4. The molecule has 2 rings (SSSR count). The molecule has 0 aliphatic heterocycles. The minimum atomic E-state index is -4.64. The number of anilines is 1. The zero-order valence-corrected chi connectivity index (χ0v) is 18.4. The third-order valence-electron chi connectivity index (χ3n) is 4.33. The molecule has 2 aromatic rings. The first-order valence-electron chi connectivity index (χ1n) is 9.77. The van der Waals surface area contributed by atoms with E-state index in [-0.39, 0.29) is 22.9 Å². The fraction of sp³-hybridized carbons (Fsp3) is 0.318. The average Bonchev–Trinajstić information content (AvgIpc) is 2.70.